The van der Waals surface area contributed by atoms with Gasteiger partial charge in [0.2, 0.25) is 0 Å². The van der Waals surface area contributed by atoms with Gasteiger partial charge in [-0.1, -0.05) is 0 Å². The van der Waals surface area contributed by atoms with Crippen LogP contribution >= 0.6 is 0 Å². The minimum absolute atomic E-state index is 0.271. The Kier molecular flexibility index (Phi) is 3.17. The summed E-state index contributed by atoms with van der Waals surface area (Å²) in [6, 6.07) is 3.46. The molecule has 0 atom stereocenters. The summed E-state index contributed by atoms with van der Waals surface area (Å²) in [7, 11) is 1.44. The highest BCUT2D eigenvalue weighted by Gasteiger charge is 2.16. The minimum Gasteiger partial charge on any atom is -0.474 e. The molecule has 0 aliphatic carbocycles. The Bertz CT molecular complexity index is 337. The highest BCUT2D eigenvalue weighted by atomic mass is 16.4. The summed E-state index contributed by atoms with van der Waals surface area (Å²) in [5.41, 5.74) is 0.845. The van der Waals surface area contributed by atoms with Gasteiger partial charge in [0.1, 0.15) is 0 Å². The molecule has 0 saturated carbocycles. The number of pyridine rings is 1. The van der Waals surface area contributed by atoms with Crippen LogP contribution in [-0.4, -0.2) is 33.9 Å². The zero-order valence-corrected chi connectivity index (χ0v) is 7.67. The molecule has 0 fully saturated rings. The monoisotopic (exact) mass is 194 g/mol. The normalized spacial score (nSPS) is 9.50. The predicted octanol–water partition coefficient (Wildman–Crippen LogP) is 0.125. The number of likely N-dealkylation sites (N-methyl/N-ethyl adjacent to an activating group) is 1. The van der Waals surface area contributed by atoms with Gasteiger partial charge >= 0.3 is 11.9 Å². The van der Waals surface area contributed by atoms with Crippen molar-refractivity contribution in [2.24, 2.45) is 0 Å². The van der Waals surface area contributed by atoms with Crippen molar-refractivity contribution in [3.05, 3.63) is 30.1 Å². The smallest absolute Gasteiger partial charge is 0.394 e. The van der Waals surface area contributed by atoms with Gasteiger partial charge in [0.25, 0.3) is 0 Å². The third-order valence-corrected chi connectivity index (χ3v) is 1.70. The summed E-state index contributed by atoms with van der Waals surface area (Å²) >= 11 is 0. The number of rotatable bonds is 2. The Labute approximate surface area is 81.0 Å². The summed E-state index contributed by atoms with van der Waals surface area (Å²) in [4.78, 5) is 26.2. The number of carboxylic acid groups (broad SMARTS) is 1. The van der Waals surface area contributed by atoms with Gasteiger partial charge in [-0.05, 0) is 17.7 Å². The van der Waals surface area contributed by atoms with E-state index < -0.39 is 11.9 Å². The van der Waals surface area contributed by atoms with Crippen molar-refractivity contribution >= 4 is 11.9 Å². The number of amides is 1. The van der Waals surface area contributed by atoms with Crippen molar-refractivity contribution in [3.8, 4) is 0 Å². The molecule has 5 heteroatoms. The highest BCUT2D eigenvalue weighted by molar-refractivity contribution is 6.31. The maximum atomic E-state index is 11.0. The Morgan fingerprint density at radius 2 is 2.00 bits per heavy atom. The number of nitrogens with zero attached hydrogens (tertiary/aromatic N) is 2. The Morgan fingerprint density at radius 3 is 2.50 bits per heavy atom. The molecule has 14 heavy (non-hydrogen) atoms. The van der Waals surface area contributed by atoms with Gasteiger partial charge in [0.05, 0.1) is 0 Å². The quantitative estimate of drug-likeness (QED) is 0.679. The van der Waals surface area contributed by atoms with Crippen LogP contribution in [0.3, 0.4) is 0 Å². The van der Waals surface area contributed by atoms with E-state index in [0.29, 0.717) is 0 Å². The van der Waals surface area contributed by atoms with E-state index >= 15 is 0 Å². The third-order valence-electron chi connectivity index (χ3n) is 1.70. The van der Waals surface area contributed by atoms with Crippen LogP contribution in [0.5, 0.6) is 0 Å². The van der Waals surface area contributed by atoms with E-state index in [1.807, 2.05) is 0 Å². The van der Waals surface area contributed by atoms with Crippen molar-refractivity contribution in [1.29, 1.82) is 0 Å². The van der Waals surface area contributed by atoms with Crippen LogP contribution < -0.4 is 0 Å². The zero-order valence-electron chi connectivity index (χ0n) is 7.67. The van der Waals surface area contributed by atoms with E-state index in [1.54, 1.807) is 24.5 Å². The average Bonchev–Trinajstić information content (AvgIpc) is 2.18. The van der Waals surface area contributed by atoms with Crippen LogP contribution in [-0.2, 0) is 16.1 Å². The molecular formula is C9H10N2O3. The zero-order chi connectivity index (χ0) is 10.6. The Hall–Kier alpha value is -1.91. The van der Waals surface area contributed by atoms with Crippen LogP contribution in [0, 0.1) is 0 Å². The molecular weight excluding hydrogens is 184 g/mol. The van der Waals surface area contributed by atoms with E-state index in [0.717, 1.165) is 10.5 Å². The molecule has 0 bridgehead atoms. The standard InChI is InChI=1S/C9H10N2O3/c1-11(8(12)9(13)14)6-7-2-4-10-5-3-7/h2-5H,6H2,1H3,(H,13,14). The maximum Gasteiger partial charge on any atom is 0.394 e. The van der Waals surface area contributed by atoms with Gasteiger partial charge < -0.3 is 10.0 Å². The topological polar surface area (TPSA) is 70.5 Å². The molecule has 1 amide bonds. The van der Waals surface area contributed by atoms with E-state index in [1.165, 1.54) is 7.05 Å². The summed E-state index contributed by atoms with van der Waals surface area (Å²) in [5.74, 6) is -2.36. The molecule has 0 aliphatic rings. The molecule has 0 unspecified atom stereocenters. The second-order valence-corrected chi connectivity index (χ2v) is 2.82. The first-order valence-corrected chi connectivity index (χ1v) is 3.98. The lowest BCUT2D eigenvalue weighted by Gasteiger charge is -2.13. The summed E-state index contributed by atoms with van der Waals surface area (Å²) in [6.07, 6.45) is 3.18. The van der Waals surface area contributed by atoms with E-state index in [4.69, 9.17) is 5.11 Å². The van der Waals surface area contributed by atoms with Crippen molar-refractivity contribution in [3.63, 3.8) is 0 Å². The van der Waals surface area contributed by atoms with Crippen molar-refractivity contribution in [2.45, 2.75) is 6.54 Å². The number of carboxylic acids is 1. The summed E-state index contributed by atoms with van der Waals surface area (Å²) < 4.78 is 0. The molecule has 1 aromatic rings. The number of aromatic nitrogens is 1. The minimum atomic E-state index is -1.44. The third kappa shape index (κ3) is 2.55. The second-order valence-electron chi connectivity index (χ2n) is 2.82. The lowest BCUT2D eigenvalue weighted by atomic mass is 10.2. The SMILES string of the molecule is CN(Cc1ccncc1)C(=O)C(=O)O. The fourth-order valence-corrected chi connectivity index (χ4v) is 0.997. The van der Waals surface area contributed by atoms with Crippen molar-refractivity contribution in [1.82, 2.24) is 9.88 Å². The average molecular weight is 194 g/mol. The Morgan fingerprint density at radius 1 is 1.43 bits per heavy atom. The maximum absolute atomic E-state index is 11.0. The molecule has 0 radical (unpaired) electrons. The van der Waals surface area contributed by atoms with Crippen LogP contribution in [0.15, 0.2) is 24.5 Å². The molecule has 1 heterocycles. The summed E-state index contributed by atoms with van der Waals surface area (Å²) in [6.45, 7) is 0.271. The molecule has 74 valence electrons. The molecule has 0 spiro atoms. The van der Waals surface area contributed by atoms with Crippen LogP contribution in [0.2, 0.25) is 0 Å². The number of carbonyl (C=O) groups is 2. The second kappa shape index (κ2) is 4.36. The predicted molar refractivity (Wildman–Crippen MR) is 48.3 cm³/mol. The molecule has 1 rings (SSSR count). The van der Waals surface area contributed by atoms with E-state index in [9.17, 15) is 9.59 Å². The van der Waals surface area contributed by atoms with Crippen LogP contribution in [0.25, 0.3) is 0 Å². The van der Waals surface area contributed by atoms with Gasteiger partial charge in [0.15, 0.2) is 0 Å². The van der Waals surface area contributed by atoms with E-state index in [-0.39, 0.29) is 6.54 Å². The fraction of sp³-hybridized carbons (Fsp3) is 0.222. The van der Waals surface area contributed by atoms with Gasteiger partial charge in [-0.25, -0.2) is 4.79 Å². The first-order chi connectivity index (χ1) is 6.61. The van der Waals surface area contributed by atoms with Gasteiger partial charge in [0, 0.05) is 26.0 Å². The first-order valence-electron chi connectivity index (χ1n) is 3.98. The molecule has 1 aromatic heterocycles. The number of hydrogen-bond acceptors (Lipinski definition) is 3. The number of carbonyl (C=O) groups excluding carboxylic acids is 1. The van der Waals surface area contributed by atoms with Gasteiger partial charge in [-0.2, -0.15) is 0 Å². The molecule has 0 aliphatic heterocycles. The van der Waals surface area contributed by atoms with Gasteiger partial charge in [-0.3, -0.25) is 9.78 Å². The Balaban J connectivity index is 2.62. The molecule has 0 aromatic carbocycles. The first kappa shape index (κ1) is 10.2. The largest absolute Gasteiger partial charge is 0.474 e. The number of aliphatic carboxylic acids is 1. The molecule has 0 saturated heterocycles. The van der Waals surface area contributed by atoms with E-state index in [2.05, 4.69) is 4.98 Å². The lowest BCUT2D eigenvalue weighted by molar-refractivity contribution is -0.155. The fourth-order valence-electron chi connectivity index (χ4n) is 0.997. The van der Waals surface area contributed by atoms with Gasteiger partial charge in [-0.15, -0.1) is 0 Å². The van der Waals surface area contributed by atoms with Crippen molar-refractivity contribution < 1.29 is 14.7 Å². The van der Waals surface area contributed by atoms with Crippen molar-refractivity contribution in [2.75, 3.05) is 7.05 Å². The molecule has 1 N–H and O–H groups in total. The summed E-state index contributed by atoms with van der Waals surface area (Å²) in [5, 5.41) is 8.43. The van der Waals surface area contributed by atoms with Crippen LogP contribution in [0.1, 0.15) is 5.56 Å². The lowest BCUT2D eigenvalue weighted by Crippen LogP contribution is -2.32. The van der Waals surface area contributed by atoms with Crippen LogP contribution in [0.4, 0.5) is 0 Å². The highest BCUT2D eigenvalue weighted by Crippen LogP contribution is 2.00. The molecule has 5 nitrogen and oxygen atoms in total. The number of hydrogen-bond donors (Lipinski definition) is 1.